The number of ether oxygens (including phenoxy) is 2. The highest BCUT2D eigenvalue weighted by molar-refractivity contribution is 5.35. The Morgan fingerprint density at radius 2 is 2.38 bits per heavy atom. The van der Waals surface area contributed by atoms with Gasteiger partial charge in [-0.05, 0) is 25.1 Å². The topological polar surface area (TPSA) is 38.7 Å². The van der Waals surface area contributed by atoms with Crippen LogP contribution in [0.3, 0.4) is 0 Å². The minimum atomic E-state index is -0.743. The van der Waals surface area contributed by atoms with E-state index < -0.39 is 6.10 Å². The van der Waals surface area contributed by atoms with Crippen LogP contribution in [0.1, 0.15) is 25.0 Å². The van der Waals surface area contributed by atoms with Gasteiger partial charge in [0.25, 0.3) is 0 Å². The zero-order valence-electron chi connectivity index (χ0n) is 9.15. The van der Waals surface area contributed by atoms with Gasteiger partial charge in [0.2, 0.25) is 0 Å². The van der Waals surface area contributed by atoms with Crippen molar-refractivity contribution in [3.05, 3.63) is 29.6 Å². The third kappa shape index (κ3) is 2.51. The molecule has 3 nitrogen and oxygen atoms in total. The van der Waals surface area contributed by atoms with Crippen LogP contribution in [0.5, 0.6) is 5.75 Å². The Morgan fingerprint density at radius 1 is 1.56 bits per heavy atom. The van der Waals surface area contributed by atoms with Crippen LogP contribution in [0, 0.1) is 5.82 Å². The summed E-state index contributed by atoms with van der Waals surface area (Å²) in [7, 11) is 0. The number of aliphatic hydroxyl groups excluding tert-OH is 1. The maximum Gasteiger partial charge on any atom is 0.125 e. The number of hydrogen-bond donors (Lipinski definition) is 1. The lowest BCUT2D eigenvalue weighted by Crippen LogP contribution is -2.17. The van der Waals surface area contributed by atoms with E-state index in [0.717, 1.165) is 6.42 Å². The maximum atomic E-state index is 13.0. The molecule has 1 aromatic rings. The SMILES string of the molecule is C[C@@H](O)c1cc(F)ccc1OC1CCOC1. The zero-order chi connectivity index (χ0) is 11.5. The van der Waals surface area contributed by atoms with Crippen LogP contribution in [-0.2, 0) is 4.74 Å². The molecule has 1 fully saturated rings. The van der Waals surface area contributed by atoms with E-state index in [2.05, 4.69) is 0 Å². The summed E-state index contributed by atoms with van der Waals surface area (Å²) in [6.45, 7) is 2.83. The van der Waals surface area contributed by atoms with Crippen LogP contribution in [0.2, 0.25) is 0 Å². The Balaban J connectivity index is 2.18. The van der Waals surface area contributed by atoms with Gasteiger partial charge in [-0.25, -0.2) is 4.39 Å². The zero-order valence-corrected chi connectivity index (χ0v) is 9.15. The number of halogens is 1. The summed E-state index contributed by atoms with van der Waals surface area (Å²) in [5.74, 6) is 0.165. The molecule has 4 heteroatoms. The summed E-state index contributed by atoms with van der Waals surface area (Å²) in [6.07, 6.45) is 0.0902. The van der Waals surface area contributed by atoms with E-state index >= 15 is 0 Å². The Hall–Kier alpha value is -1.13. The van der Waals surface area contributed by atoms with Crippen LogP contribution in [0.25, 0.3) is 0 Å². The van der Waals surface area contributed by atoms with E-state index in [1.54, 1.807) is 13.0 Å². The molecule has 2 atom stereocenters. The van der Waals surface area contributed by atoms with E-state index in [-0.39, 0.29) is 11.9 Å². The Bertz CT molecular complexity index is 359. The number of benzene rings is 1. The lowest BCUT2D eigenvalue weighted by molar-refractivity contribution is 0.135. The molecule has 2 rings (SSSR count). The Kier molecular flexibility index (Phi) is 3.41. The molecule has 1 N–H and O–H groups in total. The second kappa shape index (κ2) is 4.80. The molecule has 0 radical (unpaired) electrons. The summed E-state index contributed by atoms with van der Waals surface area (Å²) >= 11 is 0. The van der Waals surface area contributed by atoms with Crippen molar-refractivity contribution in [3.63, 3.8) is 0 Å². The third-order valence-electron chi connectivity index (χ3n) is 2.60. The van der Waals surface area contributed by atoms with Crippen LogP contribution in [-0.4, -0.2) is 24.4 Å². The molecular formula is C12H15FO3. The van der Waals surface area contributed by atoms with Crippen molar-refractivity contribution in [1.82, 2.24) is 0 Å². The standard InChI is InChI=1S/C12H15FO3/c1-8(14)11-6-9(13)2-3-12(11)16-10-4-5-15-7-10/h2-3,6,8,10,14H,4-5,7H2,1H3/t8-,10?/m1/s1. The van der Waals surface area contributed by atoms with Gasteiger partial charge in [-0.3, -0.25) is 0 Å². The monoisotopic (exact) mass is 226 g/mol. The first-order valence-corrected chi connectivity index (χ1v) is 5.38. The van der Waals surface area contributed by atoms with Gasteiger partial charge >= 0.3 is 0 Å². The summed E-state index contributed by atoms with van der Waals surface area (Å²) in [4.78, 5) is 0. The predicted octanol–water partition coefficient (Wildman–Crippen LogP) is 2.05. The van der Waals surface area contributed by atoms with Gasteiger partial charge in [-0.15, -0.1) is 0 Å². The van der Waals surface area contributed by atoms with Gasteiger partial charge in [0.05, 0.1) is 19.3 Å². The lowest BCUT2D eigenvalue weighted by atomic mass is 10.1. The molecule has 1 aromatic carbocycles. The minimum Gasteiger partial charge on any atom is -0.488 e. The number of rotatable bonds is 3. The molecule has 0 aliphatic carbocycles. The van der Waals surface area contributed by atoms with Gasteiger partial charge < -0.3 is 14.6 Å². The summed E-state index contributed by atoms with van der Waals surface area (Å²) in [6, 6.07) is 4.18. The van der Waals surface area contributed by atoms with E-state index in [9.17, 15) is 9.50 Å². The second-order valence-electron chi connectivity index (χ2n) is 3.96. The first-order valence-electron chi connectivity index (χ1n) is 5.38. The van der Waals surface area contributed by atoms with E-state index in [1.165, 1.54) is 12.1 Å². The van der Waals surface area contributed by atoms with Gasteiger partial charge in [-0.2, -0.15) is 0 Å². The fraction of sp³-hybridized carbons (Fsp3) is 0.500. The van der Waals surface area contributed by atoms with Crippen molar-refractivity contribution in [2.45, 2.75) is 25.6 Å². The molecule has 0 aromatic heterocycles. The molecule has 1 unspecified atom stereocenters. The fourth-order valence-corrected chi connectivity index (χ4v) is 1.74. The van der Waals surface area contributed by atoms with Crippen LogP contribution >= 0.6 is 0 Å². The van der Waals surface area contributed by atoms with Gasteiger partial charge in [0, 0.05) is 12.0 Å². The highest BCUT2D eigenvalue weighted by atomic mass is 19.1. The van der Waals surface area contributed by atoms with Crippen molar-refractivity contribution in [2.24, 2.45) is 0 Å². The molecule has 0 spiro atoms. The van der Waals surface area contributed by atoms with Gasteiger partial charge in [-0.1, -0.05) is 0 Å². The minimum absolute atomic E-state index is 0.00274. The quantitative estimate of drug-likeness (QED) is 0.857. The maximum absolute atomic E-state index is 13.0. The molecule has 0 bridgehead atoms. The van der Waals surface area contributed by atoms with Gasteiger partial charge in [0.15, 0.2) is 0 Å². The molecule has 0 saturated carbocycles. The van der Waals surface area contributed by atoms with Crippen molar-refractivity contribution in [3.8, 4) is 5.75 Å². The summed E-state index contributed by atoms with van der Waals surface area (Å²) < 4.78 is 23.9. The first kappa shape index (κ1) is 11.4. The van der Waals surface area contributed by atoms with Crippen LogP contribution < -0.4 is 4.74 Å². The first-order chi connectivity index (χ1) is 7.66. The van der Waals surface area contributed by atoms with Crippen molar-refractivity contribution >= 4 is 0 Å². The number of hydrogen-bond acceptors (Lipinski definition) is 3. The highest BCUT2D eigenvalue weighted by Crippen LogP contribution is 2.28. The van der Waals surface area contributed by atoms with Crippen molar-refractivity contribution in [1.29, 1.82) is 0 Å². The van der Waals surface area contributed by atoms with Crippen LogP contribution in [0.4, 0.5) is 4.39 Å². The highest BCUT2D eigenvalue weighted by Gasteiger charge is 2.19. The summed E-state index contributed by atoms with van der Waals surface area (Å²) in [5, 5.41) is 9.52. The van der Waals surface area contributed by atoms with Crippen molar-refractivity contribution in [2.75, 3.05) is 13.2 Å². The largest absolute Gasteiger partial charge is 0.488 e. The molecule has 1 heterocycles. The predicted molar refractivity (Wildman–Crippen MR) is 56.9 cm³/mol. The average molecular weight is 226 g/mol. The summed E-state index contributed by atoms with van der Waals surface area (Å²) in [5.41, 5.74) is 0.479. The molecule has 1 aliphatic heterocycles. The fourth-order valence-electron chi connectivity index (χ4n) is 1.74. The molecule has 1 saturated heterocycles. The van der Waals surface area contributed by atoms with Crippen molar-refractivity contribution < 1.29 is 19.0 Å². The molecule has 16 heavy (non-hydrogen) atoms. The Morgan fingerprint density at radius 3 is 3.00 bits per heavy atom. The molecular weight excluding hydrogens is 211 g/mol. The third-order valence-corrected chi connectivity index (χ3v) is 2.60. The van der Waals surface area contributed by atoms with Crippen LogP contribution in [0.15, 0.2) is 18.2 Å². The molecule has 0 amide bonds. The molecule has 88 valence electrons. The van der Waals surface area contributed by atoms with E-state index in [0.29, 0.717) is 24.5 Å². The smallest absolute Gasteiger partial charge is 0.125 e. The normalized spacial score (nSPS) is 22.1. The van der Waals surface area contributed by atoms with E-state index in [1.807, 2.05) is 0 Å². The number of aliphatic hydroxyl groups is 1. The van der Waals surface area contributed by atoms with E-state index in [4.69, 9.17) is 9.47 Å². The Labute approximate surface area is 93.8 Å². The second-order valence-corrected chi connectivity index (χ2v) is 3.96. The average Bonchev–Trinajstić information content (AvgIpc) is 2.73. The molecule has 1 aliphatic rings. The van der Waals surface area contributed by atoms with Gasteiger partial charge in [0.1, 0.15) is 17.7 Å². The lowest BCUT2D eigenvalue weighted by Gasteiger charge is -2.17.